The molecule has 0 bridgehead atoms. The van der Waals surface area contributed by atoms with Gasteiger partial charge in [-0.05, 0) is 19.2 Å². The molecular formula is C10H13F2NO2. The van der Waals surface area contributed by atoms with E-state index in [1.54, 1.807) is 7.05 Å². The summed E-state index contributed by atoms with van der Waals surface area (Å²) in [4.78, 5) is 0. The fourth-order valence-corrected chi connectivity index (χ4v) is 1.31. The Kier molecular flexibility index (Phi) is 3.99. The normalized spacial score (nSPS) is 12.6. The molecule has 3 nitrogen and oxygen atoms in total. The summed E-state index contributed by atoms with van der Waals surface area (Å²) in [5.74, 6) is -1.72. The van der Waals surface area contributed by atoms with Crippen molar-refractivity contribution in [1.29, 1.82) is 0 Å². The average molecular weight is 217 g/mol. The Bertz CT molecular complexity index is 344. The van der Waals surface area contributed by atoms with Gasteiger partial charge in [-0.3, -0.25) is 0 Å². The Balaban J connectivity index is 3.14. The van der Waals surface area contributed by atoms with E-state index in [-0.39, 0.29) is 17.9 Å². The first-order valence-electron chi connectivity index (χ1n) is 4.46. The Labute approximate surface area is 86.7 Å². The zero-order valence-corrected chi connectivity index (χ0v) is 8.55. The number of likely N-dealkylation sites (N-methyl/N-ethyl adjacent to an activating group) is 1. The molecule has 1 unspecified atom stereocenters. The van der Waals surface area contributed by atoms with Crippen LogP contribution in [0, 0.1) is 11.6 Å². The van der Waals surface area contributed by atoms with E-state index in [2.05, 4.69) is 5.32 Å². The van der Waals surface area contributed by atoms with Gasteiger partial charge < -0.3 is 15.2 Å². The predicted octanol–water partition coefficient (Wildman–Crippen LogP) is 1.23. The minimum absolute atomic E-state index is 0.0704. The second-order valence-corrected chi connectivity index (χ2v) is 3.05. The number of aliphatic hydroxyl groups excluding tert-OH is 1. The van der Waals surface area contributed by atoms with Crippen molar-refractivity contribution in [2.75, 3.05) is 20.7 Å². The molecular weight excluding hydrogens is 204 g/mol. The van der Waals surface area contributed by atoms with Crippen LogP contribution < -0.4 is 10.1 Å². The highest BCUT2D eigenvalue weighted by Gasteiger charge is 2.20. The molecule has 2 N–H and O–H groups in total. The molecule has 0 saturated carbocycles. The van der Waals surface area contributed by atoms with Crippen LogP contribution in [0.5, 0.6) is 5.75 Å². The number of benzene rings is 1. The number of hydrogen-bond acceptors (Lipinski definition) is 3. The first kappa shape index (κ1) is 11.9. The summed E-state index contributed by atoms with van der Waals surface area (Å²) in [5, 5.41) is 12.1. The van der Waals surface area contributed by atoms with Gasteiger partial charge in [-0.1, -0.05) is 0 Å². The lowest BCUT2D eigenvalue weighted by molar-refractivity contribution is 0.166. The number of aliphatic hydroxyl groups is 1. The zero-order valence-electron chi connectivity index (χ0n) is 8.55. The van der Waals surface area contributed by atoms with Gasteiger partial charge in [-0.2, -0.15) is 0 Å². The van der Waals surface area contributed by atoms with Crippen LogP contribution in [0.2, 0.25) is 0 Å². The number of nitrogens with one attached hydrogen (secondary N) is 1. The van der Waals surface area contributed by atoms with Crippen LogP contribution in [0.15, 0.2) is 12.1 Å². The van der Waals surface area contributed by atoms with Crippen molar-refractivity contribution in [3.05, 3.63) is 29.3 Å². The van der Waals surface area contributed by atoms with E-state index in [9.17, 15) is 13.9 Å². The Morgan fingerprint density at radius 3 is 2.67 bits per heavy atom. The molecule has 0 aliphatic carbocycles. The lowest BCUT2D eigenvalue weighted by Gasteiger charge is -2.14. The van der Waals surface area contributed by atoms with Crippen LogP contribution in [-0.2, 0) is 0 Å². The zero-order chi connectivity index (χ0) is 11.4. The molecule has 0 aliphatic heterocycles. The predicted molar refractivity (Wildman–Crippen MR) is 51.8 cm³/mol. The quantitative estimate of drug-likeness (QED) is 0.797. The summed E-state index contributed by atoms with van der Waals surface area (Å²) in [6.45, 7) is 0.0704. The van der Waals surface area contributed by atoms with Gasteiger partial charge in [0.05, 0.1) is 18.8 Å². The fraction of sp³-hybridized carbons (Fsp3) is 0.400. The van der Waals surface area contributed by atoms with Crippen molar-refractivity contribution >= 4 is 0 Å². The van der Waals surface area contributed by atoms with Crippen LogP contribution in [-0.4, -0.2) is 25.8 Å². The number of methoxy groups -OCH3 is 1. The second kappa shape index (κ2) is 5.04. The van der Waals surface area contributed by atoms with Crippen LogP contribution in [0.4, 0.5) is 8.78 Å². The molecule has 0 fully saturated rings. The van der Waals surface area contributed by atoms with E-state index >= 15 is 0 Å². The number of rotatable bonds is 4. The summed E-state index contributed by atoms with van der Waals surface area (Å²) in [6, 6.07) is 2.25. The van der Waals surface area contributed by atoms with Gasteiger partial charge in [0.15, 0.2) is 11.6 Å². The highest BCUT2D eigenvalue weighted by molar-refractivity contribution is 5.33. The molecule has 0 amide bonds. The van der Waals surface area contributed by atoms with Gasteiger partial charge in [0.1, 0.15) is 5.82 Å². The number of hydrogen-bond donors (Lipinski definition) is 2. The molecule has 0 aromatic heterocycles. The maximum absolute atomic E-state index is 13.6. The minimum atomic E-state index is -1.23. The van der Waals surface area contributed by atoms with E-state index in [4.69, 9.17) is 4.74 Å². The third kappa shape index (κ3) is 2.43. The van der Waals surface area contributed by atoms with Crippen LogP contribution >= 0.6 is 0 Å². The SMILES string of the molecule is CNCC(O)c1c(F)ccc(OC)c1F. The Morgan fingerprint density at radius 2 is 2.13 bits per heavy atom. The van der Waals surface area contributed by atoms with E-state index in [1.165, 1.54) is 13.2 Å². The number of halogens is 2. The standard InChI is InChI=1S/C10H13F2NO2/c1-13-5-7(14)9-6(11)3-4-8(15-2)10(9)12/h3-4,7,13-14H,5H2,1-2H3. The lowest BCUT2D eigenvalue weighted by Crippen LogP contribution is -2.19. The molecule has 1 rings (SSSR count). The molecule has 0 aliphatic rings. The Hall–Kier alpha value is -1.20. The highest BCUT2D eigenvalue weighted by Crippen LogP contribution is 2.27. The van der Waals surface area contributed by atoms with E-state index in [0.717, 1.165) is 6.07 Å². The first-order valence-corrected chi connectivity index (χ1v) is 4.46. The maximum atomic E-state index is 13.6. The third-order valence-corrected chi connectivity index (χ3v) is 2.04. The van der Waals surface area contributed by atoms with Crippen molar-refractivity contribution < 1.29 is 18.6 Å². The van der Waals surface area contributed by atoms with E-state index in [1.807, 2.05) is 0 Å². The molecule has 84 valence electrons. The molecule has 0 heterocycles. The van der Waals surface area contributed by atoms with Gasteiger partial charge in [0, 0.05) is 6.54 Å². The summed E-state index contributed by atoms with van der Waals surface area (Å²) < 4.78 is 31.5. The molecule has 1 aromatic carbocycles. The topological polar surface area (TPSA) is 41.5 Å². The van der Waals surface area contributed by atoms with Crippen LogP contribution in [0.1, 0.15) is 11.7 Å². The largest absolute Gasteiger partial charge is 0.494 e. The second-order valence-electron chi connectivity index (χ2n) is 3.05. The first-order chi connectivity index (χ1) is 7.11. The third-order valence-electron chi connectivity index (χ3n) is 2.04. The summed E-state index contributed by atoms with van der Waals surface area (Å²) in [6.07, 6.45) is -1.23. The molecule has 0 radical (unpaired) electrons. The van der Waals surface area contributed by atoms with Crippen LogP contribution in [0.3, 0.4) is 0 Å². The van der Waals surface area contributed by atoms with E-state index in [0.29, 0.717) is 0 Å². The fourth-order valence-electron chi connectivity index (χ4n) is 1.31. The smallest absolute Gasteiger partial charge is 0.173 e. The van der Waals surface area contributed by atoms with Gasteiger partial charge in [0.2, 0.25) is 0 Å². The Morgan fingerprint density at radius 1 is 1.47 bits per heavy atom. The van der Waals surface area contributed by atoms with Gasteiger partial charge in [-0.25, -0.2) is 8.78 Å². The molecule has 0 spiro atoms. The molecule has 1 atom stereocenters. The summed E-state index contributed by atoms with van der Waals surface area (Å²) in [5.41, 5.74) is -0.372. The van der Waals surface area contributed by atoms with Gasteiger partial charge >= 0.3 is 0 Å². The van der Waals surface area contributed by atoms with Crippen LogP contribution in [0.25, 0.3) is 0 Å². The molecule has 5 heteroatoms. The number of ether oxygens (including phenoxy) is 1. The van der Waals surface area contributed by atoms with Crippen molar-refractivity contribution in [1.82, 2.24) is 5.32 Å². The maximum Gasteiger partial charge on any atom is 0.173 e. The van der Waals surface area contributed by atoms with Crippen molar-refractivity contribution in [2.45, 2.75) is 6.10 Å². The van der Waals surface area contributed by atoms with Crippen molar-refractivity contribution in [2.24, 2.45) is 0 Å². The van der Waals surface area contributed by atoms with Crippen molar-refractivity contribution in [3.63, 3.8) is 0 Å². The summed E-state index contributed by atoms with van der Waals surface area (Å²) in [7, 11) is 2.86. The minimum Gasteiger partial charge on any atom is -0.494 e. The van der Waals surface area contributed by atoms with Gasteiger partial charge in [-0.15, -0.1) is 0 Å². The summed E-state index contributed by atoms with van der Waals surface area (Å²) >= 11 is 0. The molecule has 1 aromatic rings. The monoisotopic (exact) mass is 217 g/mol. The highest BCUT2D eigenvalue weighted by atomic mass is 19.1. The molecule has 0 saturated heterocycles. The molecule has 15 heavy (non-hydrogen) atoms. The average Bonchev–Trinajstić information content (AvgIpc) is 2.18. The lowest BCUT2D eigenvalue weighted by atomic mass is 10.1. The van der Waals surface area contributed by atoms with Crippen molar-refractivity contribution in [3.8, 4) is 5.75 Å². The van der Waals surface area contributed by atoms with Gasteiger partial charge in [0.25, 0.3) is 0 Å². The van der Waals surface area contributed by atoms with E-state index < -0.39 is 17.7 Å².